The van der Waals surface area contributed by atoms with E-state index in [9.17, 15) is 0 Å². The number of thiophene rings is 1. The molecule has 0 aliphatic rings. The third-order valence-corrected chi connectivity index (χ3v) is 11.8. The van der Waals surface area contributed by atoms with Gasteiger partial charge in [0.05, 0.1) is 0 Å². The summed E-state index contributed by atoms with van der Waals surface area (Å²) in [6, 6.07) is 65.5. The van der Waals surface area contributed by atoms with Crippen LogP contribution < -0.4 is 0 Å². The Morgan fingerprint density at radius 3 is 1.46 bits per heavy atom. The molecule has 4 nitrogen and oxygen atoms in total. The molecule has 3 heterocycles. The maximum atomic E-state index is 6.83. The van der Waals surface area contributed by atoms with Gasteiger partial charge in [0, 0.05) is 58.8 Å². The lowest BCUT2D eigenvalue weighted by atomic mass is 9.96. The highest BCUT2D eigenvalue weighted by atomic mass is 32.1. The van der Waals surface area contributed by atoms with Gasteiger partial charge in [-0.15, -0.1) is 11.3 Å². The second-order valence-electron chi connectivity index (χ2n) is 13.9. The van der Waals surface area contributed by atoms with Crippen LogP contribution in [0.25, 0.3) is 110 Å². The number of furan rings is 1. The highest BCUT2D eigenvalue weighted by Gasteiger charge is 2.20. The van der Waals surface area contributed by atoms with Crippen molar-refractivity contribution in [1.29, 1.82) is 0 Å². The molecule has 5 heteroatoms. The Labute approximate surface area is 327 Å². The zero-order valence-electron chi connectivity index (χ0n) is 30.1. The van der Waals surface area contributed by atoms with Gasteiger partial charge in [-0.1, -0.05) is 176 Å². The lowest BCUT2D eigenvalue weighted by Gasteiger charge is -2.10. The topological polar surface area (TPSA) is 51.8 Å². The average molecular weight is 734 g/mol. The monoisotopic (exact) mass is 733 g/mol. The molecule has 11 rings (SSSR count). The minimum Gasteiger partial charge on any atom is -0.455 e. The van der Waals surface area contributed by atoms with Gasteiger partial charge in [0.2, 0.25) is 0 Å². The summed E-state index contributed by atoms with van der Waals surface area (Å²) in [6.07, 6.45) is 0. The molecule has 0 saturated heterocycles. The van der Waals surface area contributed by atoms with Crippen LogP contribution in [-0.2, 0) is 0 Å². The first-order chi connectivity index (χ1) is 27.8. The summed E-state index contributed by atoms with van der Waals surface area (Å²) in [5, 5.41) is 4.70. The van der Waals surface area contributed by atoms with E-state index in [1.807, 2.05) is 72.0 Å². The Balaban J connectivity index is 1.06. The van der Waals surface area contributed by atoms with E-state index >= 15 is 0 Å². The molecular formula is C51H31N3OS. The van der Waals surface area contributed by atoms with Crippen LogP contribution in [0.2, 0.25) is 0 Å². The molecule has 0 spiro atoms. The van der Waals surface area contributed by atoms with Crippen LogP contribution in [0.1, 0.15) is 0 Å². The molecule has 0 saturated carbocycles. The van der Waals surface area contributed by atoms with Crippen molar-refractivity contribution in [3.63, 3.8) is 0 Å². The van der Waals surface area contributed by atoms with Gasteiger partial charge in [0.25, 0.3) is 0 Å². The van der Waals surface area contributed by atoms with Crippen molar-refractivity contribution in [2.75, 3.05) is 0 Å². The number of rotatable bonds is 6. The summed E-state index contributed by atoms with van der Waals surface area (Å²) >= 11 is 1.86. The molecule has 0 fully saturated rings. The molecule has 0 amide bonds. The normalized spacial score (nSPS) is 11.6. The SMILES string of the molecule is c1ccc(-c2nc(-c3ccccc3)nc(-c3cccc(-c4cccc5oc6c(-c7cccc8c7sc7c(-c9ccccc9)cccc78)cccc6c45)c3)n2)cc1. The van der Waals surface area contributed by atoms with Crippen molar-refractivity contribution < 1.29 is 4.42 Å². The lowest BCUT2D eigenvalue weighted by molar-refractivity contribution is 0.670. The van der Waals surface area contributed by atoms with Crippen LogP contribution in [0, 0.1) is 0 Å². The predicted octanol–water partition coefficient (Wildman–Crippen LogP) is 14.1. The van der Waals surface area contributed by atoms with Crippen LogP contribution in [0.5, 0.6) is 0 Å². The van der Waals surface area contributed by atoms with E-state index in [1.54, 1.807) is 0 Å². The average Bonchev–Trinajstić information content (AvgIpc) is 3.86. The quantitative estimate of drug-likeness (QED) is 0.171. The third kappa shape index (κ3) is 5.40. The second-order valence-corrected chi connectivity index (χ2v) is 14.9. The van der Waals surface area contributed by atoms with Crippen molar-refractivity contribution in [2.45, 2.75) is 0 Å². The van der Waals surface area contributed by atoms with Gasteiger partial charge in [-0.05, 0) is 34.4 Å². The largest absolute Gasteiger partial charge is 0.455 e. The van der Waals surface area contributed by atoms with Crippen LogP contribution in [0.4, 0.5) is 0 Å². The van der Waals surface area contributed by atoms with E-state index < -0.39 is 0 Å². The van der Waals surface area contributed by atoms with E-state index in [0.717, 1.165) is 55.3 Å². The fourth-order valence-electron chi connectivity index (χ4n) is 7.94. The molecule has 0 aliphatic carbocycles. The Bertz CT molecular complexity index is 3180. The molecule has 56 heavy (non-hydrogen) atoms. The number of aromatic nitrogens is 3. The summed E-state index contributed by atoms with van der Waals surface area (Å²) in [5.41, 5.74) is 11.4. The number of hydrogen-bond acceptors (Lipinski definition) is 5. The van der Waals surface area contributed by atoms with E-state index in [4.69, 9.17) is 19.4 Å². The third-order valence-electron chi connectivity index (χ3n) is 10.6. The first-order valence-corrected chi connectivity index (χ1v) is 19.5. The summed E-state index contributed by atoms with van der Waals surface area (Å²) < 4.78 is 9.39. The maximum absolute atomic E-state index is 6.83. The summed E-state index contributed by atoms with van der Waals surface area (Å²) in [6.45, 7) is 0. The Kier molecular flexibility index (Phi) is 7.64. The predicted molar refractivity (Wildman–Crippen MR) is 233 cm³/mol. The molecule has 8 aromatic carbocycles. The van der Waals surface area contributed by atoms with Crippen molar-refractivity contribution in [1.82, 2.24) is 15.0 Å². The summed E-state index contributed by atoms with van der Waals surface area (Å²) in [5.74, 6) is 1.90. The second kappa shape index (κ2) is 13.3. The standard InChI is InChI=1S/C51H31N3OS/c1-4-15-32(16-5-1)38-24-11-27-41-42-28-13-26-40(48(42)56-47(38)41)39-25-12-29-43-45-37(23-14-30-44(45)55-46(39)43)35-21-10-22-36(31-35)51-53-49(33-17-6-2-7-18-33)52-50(54-51)34-19-8-3-9-20-34/h1-31H. The number of fused-ring (bicyclic) bond motifs is 6. The number of benzene rings is 8. The molecule has 0 radical (unpaired) electrons. The van der Waals surface area contributed by atoms with E-state index in [0.29, 0.717) is 17.5 Å². The fourth-order valence-corrected chi connectivity index (χ4v) is 9.31. The van der Waals surface area contributed by atoms with Gasteiger partial charge in [0.15, 0.2) is 17.5 Å². The first-order valence-electron chi connectivity index (χ1n) is 18.7. The zero-order chi connectivity index (χ0) is 37.0. The molecule has 0 bridgehead atoms. The molecule has 0 aliphatic heterocycles. The zero-order valence-corrected chi connectivity index (χ0v) is 30.9. The maximum Gasteiger partial charge on any atom is 0.164 e. The van der Waals surface area contributed by atoms with Gasteiger partial charge < -0.3 is 4.42 Å². The van der Waals surface area contributed by atoms with Gasteiger partial charge >= 0.3 is 0 Å². The van der Waals surface area contributed by atoms with Gasteiger partial charge in [-0.25, -0.2) is 15.0 Å². The Morgan fingerprint density at radius 1 is 0.339 bits per heavy atom. The van der Waals surface area contributed by atoms with E-state index in [-0.39, 0.29) is 0 Å². The molecule has 262 valence electrons. The highest BCUT2D eigenvalue weighted by Crippen LogP contribution is 2.47. The lowest BCUT2D eigenvalue weighted by Crippen LogP contribution is -2.00. The molecule has 3 aromatic heterocycles. The van der Waals surface area contributed by atoms with Crippen LogP contribution in [-0.4, -0.2) is 15.0 Å². The molecule has 11 aromatic rings. The van der Waals surface area contributed by atoms with Crippen molar-refractivity contribution in [3.8, 4) is 67.5 Å². The smallest absolute Gasteiger partial charge is 0.164 e. The molecule has 0 unspecified atom stereocenters. The number of para-hydroxylation sites is 1. The molecule has 0 N–H and O–H groups in total. The van der Waals surface area contributed by atoms with Gasteiger partial charge in [-0.2, -0.15) is 0 Å². The van der Waals surface area contributed by atoms with Crippen molar-refractivity contribution >= 4 is 53.4 Å². The van der Waals surface area contributed by atoms with Crippen LogP contribution in [0.15, 0.2) is 192 Å². The fraction of sp³-hybridized carbons (Fsp3) is 0. The van der Waals surface area contributed by atoms with Crippen molar-refractivity contribution in [3.05, 3.63) is 188 Å². The van der Waals surface area contributed by atoms with Crippen LogP contribution >= 0.6 is 11.3 Å². The summed E-state index contributed by atoms with van der Waals surface area (Å²) in [4.78, 5) is 14.9. The van der Waals surface area contributed by atoms with Gasteiger partial charge in [0.1, 0.15) is 11.2 Å². The Hall–Kier alpha value is -7.21. The first kappa shape index (κ1) is 32.2. The minimum absolute atomic E-state index is 0.623. The van der Waals surface area contributed by atoms with Gasteiger partial charge in [-0.3, -0.25) is 0 Å². The number of hydrogen-bond donors (Lipinski definition) is 0. The number of nitrogens with zero attached hydrogens (tertiary/aromatic N) is 3. The minimum atomic E-state index is 0.623. The van der Waals surface area contributed by atoms with E-state index in [2.05, 4.69) is 127 Å². The highest BCUT2D eigenvalue weighted by molar-refractivity contribution is 7.26. The van der Waals surface area contributed by atoms with Crippen molar-refractivity contribution in [2.24, 2.45) is 0 Å². The molecular weight excluding hydrogens is 703 g/mol. The Morgan fingerprint density at radius 2 is 0.804 bits per heavy atom. The van der Waals surface area contributed by atoms with Crippen LogP contribution in [0.3, 0.4) is 0 Å². The summed E-state index contributed by atoms with van der Waals surface area (Å²) in [7, 11) is 0. The molecule has 0 atom stereocenters. The van der Waals surface area contributed by atoms with E-state index in [1.165, 1.54) is 36.9 Å².